The number of carbonyl (C=O) groups excluding carboxylic acids is 4. The monoisotopic (exact) mass is 589 g/mol. The van der Waals surface area contributed by atoms with E-state index in [0.29, 0.717) is 24.3 Å². The minimum absolute atomic E-state index is 0.102. The van der Waals surface area contributed by atoms with Gasteiger partial charge < -0.3 is 35.3 Å². The third-order valence-corrected chi connectivity index (χ3v) is 8.68. The highest BCUT2D eigenvalue weighted by Crippen LogP contribution is 2.30. The van der Waals surface area contributed by atoms with Crippen LogP contribution in [0.2, 0.25) is 0 Å². The maximum Gasteiger partial charge on any atom is 0.245 e. The van der Waals surface area contributed by atoms with Gasteiger partial charge in [-0.1, -0.05) is 26.3 Å². The predicted octanol–water partition coefficient (Wildman–Crippen LogP) is 1.54. The molecule has 1 aromatic heterocycles. The summed E-state index contributed by atoms with van der Waals surface area (Å²) in [7, 11) is 4.67. The van der Waals surface area contributed by atoms with Gasteiger partial charge in [0.25, 0.3) is 0 Å². The average Bonchev–Trinajstić information content (AvgIpc) is 3.38. The summed E-state index contributed by atoms with van der Waals surface area (Å²) >= 11 is 1.55. The molecule has 0 bridgehead atoms. The fraction of sp³-hybridized carbons (Fsp3) is 0.586. The lowest BCUT2D eigenvalue weighted by molar-refractivity contribution is -0.151. The van der Waals surface area contributed by atoms with Gasteiger partial charge in [0.1, 0.15) is 29.9 Å². The van der Waals surface area contributed by atoms with Crippen LogP contribution in [0.25, 0.3) is 10.9 Å². The van der Waals surface area contributed by atoms with Crippen molar-refractivity contribution in [3.8, 4) is 5.75 Å². The molecule has 1 saturated heterocycles. The SMILES string of the molecule is CC[C@H](C)[C@@H]1NC(=O)[C@H]([C@@H](C)O)NC(=O)[C@H](Cc2c[nH]c3cccc(OC)c23)N(C)C(=O)[C@H](CCSC)N(C)C1=O. The molecule has 3 rings (SSSR count). The third-order valence-electron chi connectivity index (χ3n) is 8.04. The Labute approximate surface area is 245 Å². The van der Waals surface area contributed by atoms with E-state index in [2.05, 4.69) is 15.6 Å². The topological polar surface area (TPSA) is 144 Å². The predicted molar refractivity (Wildman–Crippen MR) is 160 cm³/mol. The van der Waals surface area contributed by atoms with Crippen LogP contribution in [0.4, 0.5) is 0 Å². The number of ether oxygens (including phenoxy) is 1. The molecule has 11 nitrogen and oxygen atoms in total. The number of methoxy groups -OCH3 is 1. The highest BCUT2D eigenvalue weighted by atomic mass is 32.2. The number of hydrogen-bond donors (Lipinski definition) is 4. The summed E-state index contributed by atoms with van der Waals surface area (Å²) in [6, 6.07) is 1.39. The van der Waals surface area contributed by atoms with Gasteiger partial charge in [-0.25, -0.2) is 0 Å². The summed E-state index contributed by atoms with van der Waals surface area (Å²) in [4.78, 5) is 61.1. The van der Waals surface area contributed by atoms with Crippen molar-refractivity contribution in [1.82, 2.24) is 25.4 Å². The molecule has 0 radical (unpaired) electrons. The van der Waals surface area contributed by atoms with E-state index in [1.807, 2.05) is 38.3 Å². The van der Waals surface area contributed by atoms with E-state index in [9.17, 15) is 24.3 Å². The van der Waals surface area contributed by atoms with Crippen LogP contribution in [0.1, 0.15) is 39.2 Å². The highest BCUT2D eigenvalue weighted by Gasteiger charge is 2.41. The van der Waals surface area contributed by atoms with Crippen LogP contribution in [0.5, 0.6) is 5.75 Å². The van der Waals surface area contributed by atoms with Gasteiger partial charge in [-0.05, 0) is 49.0 Å². The standard InChI is InChI=1S/C29H43N5O6S/c1-8-16(2)24-29(39)33(4)20(12-13-41-7)28(38)34(5)21(26(36)32-25(17(3)35)27(37)31-24)14-18-15-30-19-10-9-11-22(40-6)23(18)19/h9-11,15-17,20-21,24-25,30,35H,8,12-14H2,1-7H3,(H,31,37)(H,32,36)/t16-,17+,20-,21-,24-,25-/m0/s1. The first-order valence-electron chi connectivity index (χ1n) is 13.9. The van der Waals surface area contributed by atoms with Crippen LogP contribution < -0.4 is 15.4 Å². The van der Waals surface area contributed by atoms with Crippen molar-refractivity contribution in [2.45, 2.75) is 70.3 Å². The number of likely N-dealkylation sites (N-methyl/N-ethyl adjacent to an activating group) is 2. The van der Waals surface area contributed by atoms with E-state index in [4.69, 9.17) is 4.74 Å². The van der Waals surface area contributed by atoms with Crippen LogP contribution in [0.3, 0.4) is 0 Å². The number of aromatic nitrogens is 1. The number of aromatic amines is 1. The van der Waals surface area contributed by atoms with Gasteiger partial charge in [-0.3, -0.25) is 19.2 Å². The normalized spacial score (nSPS) is 24.4. The summed E-state index contributed by atoms with van der Waals surface area (Å²) in [5.41, 5.74) is 1.55. The minimum Gasteiger partial charge on any atom is -0.496 e. The summed E-state index contributed by atoms with van der Waals surface area (Å²) in [5, 5.41) is 16.7. The average molecular weight is 590 g/mol. The number of aliphatic hydroxyl groups excluding tert-OH is 1. The number of carbonyl (C=O) groups is 4. The number of amides is 4. The van der Waals surface area contributed by atoms with Gasteiger partial charge in [-0.15, -0.1) is 0 Å². The summed E-state index contributed by atoms with van der Waals surface area (Å²) in [6.45, 7) is 5.15. The van der Waals surface area contributed by atoms with Crippen molar-refractivity contribution in [3.63, 3.8) is 0 Å². The van der Waals surface area contributed by atoms with Crippen LogP contribution in [-0.2, 0) is 25.6 Å². The van der Waals surface area contributed by atoms with Crippen LogP contribution in [-0.4, -0.2) is 107 Å². The molecule has 1 aliphatic rings. The zero-order chi connectivity index (χ0) is 30.4. The molecule has 1 fully saturated rings. The molecule has 4 N–H and O–H groups in total. The molecule has 12 heteroatoms. The fourth-order valence-corrected chi connectivity index (χ4v) is 5.68. The van der Waals surface area contributed by atoms with Gasteiger partial charge >= 0.3 is 0 Å². The maximum absolute atomic E-state index is 14.1. The van der Waals surface area contributed by atoms with Crippen molar-refractivity contribution >= 4 is 46.3 Å². The van der Waals surface area contributed by atoms with E-state index in [-0.39, 0.29) is 18.2 Å². The second kappa shape index (κ2) is 14.1. The molecule has 1 aliphatic heterocycles. The van der Waals surface area contributed by atoms with Crippen molar-refractivity contribution < 1.29 is 29.0 Å². The lowest BCUT2D eigenvalue weighted by Gasteiger charge is -2.38. The molecule has 2 aromatic rings. The van der Waals surface area contributed by atoms with E-state index >= 15 is 0 Å². The smallest absolute Gasteiger partial charge is 0.245 e. The Morgan fingerprint density at radius 2 is 1.66 bits per heavy atom. The van der Waals surface area contributed by atoms with Gasteiger partial charge in [0.05, 0.1) is 13.2 Å². The Kier molecular flexibility index (Phi) is 11.1. The number of fused-ring (bicyclic) bond motifs is 1. The number of benzene rings is 1. The number of rotatable bonds is 9. The van der Waals surface area contributed by atoms with Gasteiger partial charge in [-0.2, -0.15) is 11.8 Å². The number of hydrogen-bond acceptors (Lipinski definition) is 7. The summed E-state index contributed by atoms with van der Waals surface area (Å²) in [6.07, 6.45) is 3.51. The van der Waals surface area contributed by atoms with Crippen molar-refractivity contribution in [3.05, 3.63) is 30.0 Å². The number of nitrogens with one attached hydrogen (secondary N) is 3. The second-order valence-electron chi connectivity index (χ2n) is 10.7. The molecule has 226 valence electrons. The van der Waals surface area contributed by atoms with Crippen molar-refractivity contribution in [2.75, 3.05) is 33.2 Å². The number of H-pyrrole nitrogens is 1. The van der Waals surface area contributed by atoms with Crippen molar-refractivity contribution in [2.24, 2.45) is 5.92 Å². The number of aliphatic hydroxyl groups is 1. The van der Waals surface area contributed by atoms with E-state index in [1.54, 1.807) is 39.2 Å². The first-order chi connectivity index (χ1) is 19.5. The van der Waals surface area contributed by atoms with Gasteiger partial charge in [0.2, 0.25) is 23.6 Å². The second-order valence-corrected chi connectivity index (χ2v) is 11.7. The Bertz CT molecular complexity index is 1250. The van der Waals surface area contributed by atoms with Crippen LogP contribution in [0, 0.1) is 5.92 Å². The van der Waals surface area contributed by atoms with Crippen molar-refractivity contribution in [1.29, 1.82) is 0 Å². The molecule has 0 saturated carbocycles. The third kappa shape index (κ3) is 6.98. The molecule has 6 atom stereocenters. The Hall–Kier alpha value is -3.25. The first-order valence-corrected chi connectivity index (χ1v) is 15.3. The van der Waals surface area contributed by atoms with Crippen LogP contribution in [0.15, 0.2) is 24.4 Å². The number of thioether (sulfide) groups is 1. The summed E-state index contributed by atoms with van der Waals surface area (Å²) < 4.78 is 5.56. The Morgan fingerprint density at radius 3 is 2.27 bits per heavy atom. The molecule has 2 heterocycles. The quantitative estimate of drug-likeness (QED) is 0.347. The lowest BCUT2D eigenvalue weighted by atomic mass is 9.95. The van der Waals surface area contributed by atoms with Gasteiger partial charge in [0, 0.05) is 37.6 Å². The number of nitrogens with zero attached hydrogens (tertiary/aromatic N) is 2. The molecule has 1 aromatic carbocycles. The highest BCUT2D eigenvalue weighted by molar-refractivity contribution is 7.98. The molecule has 4 amide bonds. The van der Waals surface area contributed by atoms with Crippen LogP contribution >= 0.6 is 11.8 Å². The molecule has 0 aliphatic carbocycles. The largest absolute Gasteiger partial charge is 0.496 e. The van der Waals surface area contributed by atoms with E-state index in [1.165, 1.54) is 16.7 Å². The van der Waals surface area contributed by atoms with E-state index in [0.717, 1.165) is 16.5 Å². The molecule has 41 heavy (non-hydrogen) atoms. The molecular weight excluding hydrogens is 546 g/mol. The molecular formula is C29H43N5O6S. The first kappa shape index (κ1) is 32.3. The fourth-order valence-electron chi connectivity index (χ4n) is 5.22. The Morgan fingerprint density at radius 1 is 1.00 bits per heavy atom. The Balaban J connectivity index is 2.12. The van der Waals surface area contributed by atoms with E-state index < -0.39 is 48.0 Å². The maximum atomic E-state index is 14.1. The summed E-state index contributed by atoms with van der Waals surface area (Å²) in [5.74, 6) is -1.06. The van der Waals surface area contributed by atoms with Gasteiger partial charge in [0.15, 0.2) is 0 Å². The molecule has 0 unspecified atom stereocenters. The minimum atomic E-state index is -1.33. The molecule has 0 spiro atoms. The zero-order valence-corrected chi connectivity index (χ0v) is 25.7. The zero-order valence-electron chi connectivity index (χ0n) is 24.9. The lowest BCUT2D eigenvalue weighted by Crippen LogP contribution is -2.64.